The van der Waals surface area contributed by atoms with Crippen molar-refractivity contribution in [2.24, 2.45) is 0 Å². The standard InChI is InChI=1S/C20H19N5O4/c1-9(19(26)27)23-11-7-13-16-15(8-11)28-5-4-22-18(16)17(24-13)10-2-3-14-12(6-10)25-20(21)29-14/h2-3,6-9,22-24H,4-5H2,1H3,(H2,21,25)(H,26,27)/t9-/m1/s1. The van der Waals surface area contributed by atoms with E-state index in [9.17, 15) is 9.90 Å². The molecule has 29 heavy (non-hydrogen) atoms. The maximum atomic E-state index is 11.2. The third-order valence-electron chi connectivity index (χ3n) is 4.97. The largest absolute Gasteiger partial charge is 0.491 e. The number of nitrogen functional groups attached to an aromatic ring is 1. The van der Waals surface area contributed by atoms with E-state index in [2.05, 4.69) is 20.6 Å². The number of oxazole rings is 1. The van der Waals surface area contributed by atoms with Crippen LogP contribution in [0.4, 0.5) is 17.4 Å². The van der Waals surface area contributed by atoms with Crippen molar-refractivity contribution < 1.29 is 19.1 Å². The topological polar surface area (TPSA) is 138 Å². The number of nitrogens with two attached hydrogens (primary N) is 1. The van der Waals surface area contributed by atoms with Gasteiger partial charge in [-0.2, -0.15) is 4.98 Å². The van der Waals surface area contributed by atoms with E-state index >= 15 is 0 Å². The molecule has 1 aliphatic rings. The summed E-state index contributed by atoms with van der Waals surface area (Å²) in [6, 6.07) is 8.80. The van der Waals surface area contributed by atoms with Gasteiger partial charge in [0.2, 0.25) is 0 Å². The second kappa shape index (κ2) is 6.33. The number of H-pyrrole nitrogens is 1. The molecule has 1 atom stereocenters. The number of carboxylic acid groups (broad SMARTS) is 1. The molecule has 0 saturated carbocycles. The molecule has 0 spiro atoms. The van der Waals surface area contributed by atoms with Crippen LogP contribution < -0.4 is 21.1 Å². The number of benzene rings is 2. The molecule has 0 fully saturated rings. The summed E-state index contributed by atoms with van der Waals surface area (Å²) in [6.45, 7) is 2.74. The number of hydrogen-bond acceptors (Lipinski definition) is 7. The lowest BCUT2D eigenvalue weighted by atomic mass is 10.1. The molecule has 0 amide bonds. The first-order valence-electron chi connectivity index (χ1n) is 9.22. The molecule has 148 valence electrons. The minimum absolute atomic E-state index is 0.129. The molecule has 0 unspecified atom stereocenters. The van der Waals surface area contributed by atoms with E-state index in [1.165, 1.54) is 0 Å². The van der Waals surface area contributed by atoms with Crippen LogP contribution in [-0.4, -0.2) is 40.2 Å². The predicted octanol–water partition coefficient (Wildman–Crippen LogP) is 3.25. The fraction of sp³-hybridized carbons (Fsp3) is 0.200. The third-order valence-corrected chi connectivity index (χ3v) is 4.97. The lowest BCUT2D eigenvalue weighted by Crippen LogP contribution is -2.25. The molecule has 2 aromatic carbocycles. The Kier molecular flexibility index (Phi) is 3.76. The lowest BCUT2D eigenvalue weighted by molar-refractivity contribution is -0.137. The van der Waals surface area contributed by atoms with E-state index in [0.29, 0.717) is 35.7 Å². The number of aromatic nitrogens is 2. The first kappa shape index (κ1) is 17.2. The van der Waals surface area contributed by atoms with Crippen molar-refractivity contribution in [2.45, 2.75) is 13.0 Å². The average Bonchev–Trinajstić information content (AvgIpc) is 3.15. The zero-order chi connectivity index (χ0) is 20.1. The van der Waals surface area contributed by atoms with Crippen LogP contribution in [0.1, 0.15) is 6.92 Å². The maximum absolute atomic E-state index is 11.2. The van der Waals surface area contributed by atoms with Gasteiger partial charge in [-0.05, 0) is 31.2 Å². The molecule has 0 aliphatic carbocycles. The van der Waals surface area contributed by atoms with E-state index < -0.39 is 12.0 Å². The van der Waals surface area contributed by atoms with Crippen molar-refractivity contribution >= 4 is 45.4 Å². The fourth-order valence-corrected chi connectivity index (χ4v) is 3.63. The Bertz CT molecular complexity index is 1260. The highest BCUT2D eigenvalue weighted by Gasteiger charge is 2.22. The Hall–Kier alpha value is -3.88. The van der Waals surface area contributed by atoms with Gasteiger partial charge in [0.15, 0.2) is 5.58 Å². The molecule has 1 aliphatic heterocycles. The monoisotopic (exact) mass is 393 g/mol. The van der Waals surface area contributed by atoms with Gasteiger partial charge in [0.05, 0.1) is 22.3 Å². The minimum atomic E-state index is -0.924. The van der Waals surface area contributed by atoms with Crippen LogP contribution in [0.5, 0.6) is 5.75 Å². The predicted molar refractivity (Wildman–Crippen MR) is 110 cm³/mol. The SMILES string of the molecule is C[C@@H](Nc1cc2c3c(c(-c4ccc5oc(N)nc5c4)[nH]c3c1)NCCO2)C(=O)O. The van der Waals surface area contributed by atoms with Crippen LogP contribution in [0, 0.1) is 0 Å². The van der Waals surface area contributed by atoms with E-state index in [4.69, 9.17) is 14.9 Å². The van der Waals surface area contributed by atoms with E-state index in [1.807, 2.05) is 30.3 Å². The van der Waals surface area contributed by atoms with Gasteiger partial charge < -0.3 is 35.6 Å². The first-order chi connectivity index (χ1) is 14.0. The number of anilines is 3. The molecule has 6 N–H and O–H groups in total. The Morgan fingerprint density at radius 1 is 1.34 bits per heavy atom. The number of nitrogens with zero attached hydrogens (tertiary/aromatic N) is 1. The molecule has 0 radical (unpaired) electrons. The van der Waals surface area contributed by atoms with Gasteiger partial charge in [-0.25, -0.2) is 0 Å². The normalized spacial score (nSPS) is 14.2. The number of hydrogen-bond donors (Lipinski definition) is 5. The summed E-state index contributed by atoms with van der Waals surface area (Å²) in [5.41, 5.74) is 11.2. The van der Waals surface area contributed by atoms with Gasteiger partial charge in [0.25, 0.3) is 6.01 Å². The van der Waals surface area contributed by atoms with Crippen molar-refractivity contribution in [2.75, 3.05) is 29.5 Å². The molecule has 2 aromatic heterocycles. The van der Waals surface area contributed by atoms with Crippen molar-refractivity contribution in [1.82, 2.24) is 9.97 Å². The second-order valence-corrected chi connectivity index (χ2v) is 6.99. The van der Waals surface area contributed by atoms with Crippen molar-refractivity contribution in [3.05, 3.63) is 30.3 Å². The second-order valence-electron chi connectivity index (χ2n) is 6.99. The number of carbonyl (C=O) groups is 1. The molecule has 0 bridgehead atoms. The molecule has 5 rings (SSSR count). The Balaban J connectivity index is 1.67. The highest BCUT2D eigenvalue weighted by atomic mass is 16.5. The van der Waals surface area contributed by atoms with Gasteiger partial charge in [-0.15, -0.1) is 0 Å². The van der Waals surface area contributed by atoms with Crippen LogP contribution >= 0.6 is 0 Å². The third kappa shape index (κ3) is 2.87. The number of aliphatic carboxylic acids is 1. The highest BCUT2D eigenvalue weighted by Crippen LogP contribution is 2.43. The lowest BCUT2D eigenvalue weighted by Gasteiger charge is -2.13. The summed E-state index contributed by atoms with van der Waals surface area (Å²) in [5, 5.41) is 16.5. The van der Waals surface area contributed by atoms with Crippen molar-refractivity contribution in [3.8, 4) is 17.0 Å². The molecule has 3 heterocycles. The molecule has 4 aromatic rings. The first-order valence-corrected chi connectivity index (χ1v) is 9.22. The number of rotatable bonds is 4. The minimum Gasteiger partial charge on any atom is -0.491 e. The number of nitrogens with one attached hydrogen (secondary N) is 3. The average molecular weight is 393 g/mol. The van der Waals surface area contributed by atoms with Gasteiger partial charge in [0.1, 0.15) is 23.9 Å². The van der Waals surface area contributed by atoms with Crippen molar-refractivity contribution in [3.63, 3.8) is 0 Å². The van der Waals surface area contributed by atoms with Crippen LogP contribution in [0.2, 0.25) is 0 Å². The van der Waals surface area contributed by atoms with Crippen LogP contribution in [0.3, 0.4) is 0 Å². The zero-order valence-corrected chi connectivity index (χ0v) is 15.6. The Morgan fingerprint density at radius 2 is 2.21 bits per heavy atom. The van der Waals surface area contributed by atoms with Crippen molar-refractivity contribution in [1.29, 1.82) is 0 Å². The summed E-state index contributed by atoms with van der Waals surface area (Å²) in [5.74, 6) is -0.233. The smallest absolute Gasteiger partial charge is 0.325 e. The molecule has 9 nitrogen and oxygen atoms in total. The highest BCUT2D eigenvalue weighted by molar-refractivity contribution is 6.07. The summed E-state index contributed by atoms with van der Waals surface area (Å²) in [4.78, 5) is 18.8. The zero-order valence-electron chi connectivity index (χ0n) is 15.6. The van der Waals surface area contributed by atoms with E-state index in [-0.39, 0.29) is 6.01 Å². The summed E-state index contributed by atoms with van der Waals surface area (Å²) < 4.78 is 11.3. The number of ether oxygens (including phenoxy) is 1. The Morgan fingerprint density at radius 3 is 3.03 bits per heavy atom. The van der Waals surface area contributed by atoms with Crippen LogP contribution in [0.25, 0.3) is 33.3 Å². The molecular formula is C20H19N5O4. The number of fused-ring (bicyclic) bond motifs is 1. The fourth-order valence-electron chi connectivity index (χ4n) is 3.63. The van der Waals surface area contributed by atoms with Crippen LogP contribution in [-0.2, 0) is 4.79 Å². The molecular weight excluding hydrogens is 374 g/mol. The summed E-state index contributed by atoms with van der Waals surface area (Å²) in [7, 11) is 0. The van der Waals surface area contributed by atoms with Gasteiger partial charge in [-0.3, -0.25) is 4.79 Å². The van der Waals surface area contributed by atoms with E-state index in [1.54, 1.807) is 6.92 Å². The molecule has 9 heteroatoms. The molecule has 0 saturated heterocycles. The van der Waals surface area contributed by atoms with Gasteiger partial charge >= 0.3 is 5.97 Å². The van der Waals surface area contributed by atoms with Crippen LogP contribution in [0.15, 0.2) is 34.7 Å². The summed E-state index contributed by atoms with van der Waals surface area (Å²) in [6.07, 6.45) is 0. The van der Waals surface area contributed by atoms with Gasteiger partial charge in [0, 0.05) is 23.9 Å². The van der Waals surface area contributed by atoms with Gasteiger partial charge in [-0.1, -0.05) is 0 Å². The number of aromatic amines is 1. The quantitative estimate of drug-likeness (QED) is 0.356. The Labute approximate surface area is 164 Å². The maximum Gasteiger partial charge on any atom is 0.325 e. The summed E-state index contributed by atoms with van der Waals surface area (Å²) >= 11 is 0. The number of carboxylic acids is 1. The van der Waals surface area contributed by atoms with E-state index in [0.717, 1.165) is 27.8 Å².